The third kappa shape index (κ3) is 2.91. The SMILES string of the molecule is C=CCN1C[C@@H]2CN(C(=O)c3ccc(OC)cc3C)C[C@]2(C(=O)O)C1. The molecule has 0 aromatic heterocycles. The van der Waals surface area contributed by atoms with Crippen molar-refractivity contribution in [1.29, 1.82) is 0 Å². The molecule has 2 fully saturated rings. The Balaban J connectivity index is 1.81. The summed E-state index contributed by atoms with van der Waals surface area (Å²) in [5.41, 5.74) is 0.558. The number of amides is 1. The Morgan fingerprint density at radius 2 is 2.16 bits per heavy atom. The van der Waals surface area contributed by atoms with E-state index in [2.05, 4.69) is 11.5 Å². The van der Waals surface area contributed by atoms with E-state index in [1.807, 2.05) is 13.0 Å². The fourth-order valence-corrected chi connectivity index (χ4v) is 4.12. The Labute approximate surface area is 147 Å². The maximum absolute atomic E-state index is 12.9. The van der Waals surface area contributed by atoms with Gasteiger partial charge in [-0.2, -0.15) is 0 Å². The lowest BCUT2D eigenvalue weighted by Crippen LogP contribution is -2.42. The Bertz CT molecular complexity index is 717. The van der Waals surface area contributed by atoms with Crippen molar-refractivity contribution < 1.29 is 19.4 Å². The molecular weight excluding hydrogens is 320 g/mol. The molecule has 6 heteroatoms. The fraction of sp³-hybridized carbons (Fsp3) is 0.474. The van der Waals surface area contributed by atoms with Gasteiger partial charge >= 0.3 is 5.97 Å². The number of likely N-dealkylation sites (tertiary alicyclic amines) is 2. The third-order valence-corrected chi connectivity index (χ3v) is 5.44. The smallest absolute Gasteiger partial charge is 0.313 e. The molecule has 1 aromatic carbocycles. The lowest BCUT2D eigenvalue weighted by molar-refractivity contribution is -0.148. The number of hydrogen-bond donors (Lipinski definition) is 1. The molecule has 0 radical (unpaired) electrons. The minimum Gasteiger partial charge on any atom is -0.497 e. The van der Waals surface area contributed by atoms with Gasteiger partial charge in [0.15, 0.2) is 0 Å². The maximum Gasteiger partial charge on any atom is 0.313 e. The maximum atomic E-state index is 12.9. The quantitative estimate of drug-likeness (QED) is 0.823. The molecule has 25 heavy (non-hydrogen) atoms. The number of carbonyl (C=O) groups excluding carboxylic acids is 1. The lowest BCUT2D eigenvalue weighted by Gasteiger charge is -2.25. The number of rotatable bonds is 5. The normalized spacial score (nSPS) is 25.7. The summed E-state index contributed by atoms with van der Waals surface area (Å²) < 4.78 is 5.18. The highest BCUT2D eigenvalue weighted by atomic mass is 16.5. The first-order chi connectivity index (χ1) is 11.9. The standard InChI is InChI=1S/C19H24N2O4/c1-4-7-20-9-14-10-21(12-19(14,11-20)18(23)24)17(22)16-6-5-15(25-3)8-13(16)2/h4-6,8,14H,1,7,9-12H2,2-3H3,(H,23,24)/t14-,19-/m1/s1. The third-order valence-electron chi connectivity index (χ3n) is 5.44. The van der Waals surface area contributed by atoms with Gasteiger partial charge in [0.05, 0.1) is 7.11 Å². The van der Waals surface area contributed by atoms with Crippen LogP contribution < -0.4 is 4.74 Å². The molecule has 2 atom stereocenters. The number of carboxylic acid groups (broad SMARTS) is 1. The van der Waals surface area contributed by atoms with Crippen LogP contribution in [-0.4, -0.2) is 66.6 Å². The van der Waals surface area contributed by atoms with Crippen LogP contribution in [0.15, 0.2) is 30.9 Å². The molecule has 2 aliphatic heterocycles. The van der Waals surface area contributed by atoms with Crippen LogP contribution in [0.25, 0.3) is 0 Å². The van der Waals surface area contributed by atoms with Crippen molar-refractivity contribution in [3.05, 3.63) is 42.0 Å². The van der Waals surface area contributed by atoms with E-state index in [-0.39, 0.29) is 18.4 Å². The number of hydrogen-bond acceptors (Lipinski definition) is 4. The summed E-state index contributed by atoms with van der Waals surface area (Å²) in [4.78, 5) is 28.7. The number of nitrogens with zero attached hydrogens (tertiary/aromatic N) is 2. The molecule has 2 heterocycles. The summed E-state index contributed by atoms with van der Waals surface area (Å²) >= 11 is 0. The van der Waals surface area contributed by atoms with Gasteiger partial charge in [0.25, 0.3) is 5.91 Å². The van der Waals surface area contributed by atoms with E-state index in [0.717, 1.165) is 5.56 Å². The summed E-state index contributed by atoms with van der Waals surface area (Å²) in [5, 5.41) is 9.85. The fourth-order valence-electron chi connectivity index (χ4n) is 4.12. The second-order valence-electron chi connectivity index (χ2n) is 7.01. The van der Waals surface area contributed by atoms with Gasteiger partial charge in [-0.25, -0.2) is 0 Å². The predicted molar refractivity (Wildman–Crippen MR) is 93.8 cm³/mol. The summed E-state index contributed by atoms with van der Waals surface area (Å²) in [6.45, 7) is 8.15. The van der Waals surface area contributed by atoms with Crippen molar-refractivity contribution in [3.63, 3.8) is 0 Å². The Morgan fingerprint density at radius 1 is 1.40 bits per heavy atom. The first kappa shape index (κ1) is 17.5. The molecule has 1 N–H and O–H groups in total. The van der Waals surface area contributed by atoms with Crippen LogP contribution in [0, 0.1) is 18.3 Å². The molecule has 0 bridgehead atoms. The highest BCUT2D eigenvalue weighted by molar-refractivity contribution is 5.96. The second kappa shape index (κ2) is 6.52. The number of carbonyl (C=O) groups is 2. The number of fused-ring (bicyclic) bond motifs is 1. The molecule has 2 saturated heterocycles. The van der Waals surface area contributed by atoms with E-state index >= 15 is 0 Å². The molecule has 0 aliphatic carbocycles. The minimum atomic E-state index is -0.876. The minimum absolute atomic E-state index is 0.0487. The zero-order valence-corrected chi connectivity index (χ0v) is 14.7. The van der Waals surface area contributed by atoms with Crippen LogP contribution in [0.5, 0.6) is 5.75 Å². The van der Waals surface area contributed by atoms with Crippen molar-refractivity contribution in [2.75, 3.05) is 39.8 Å². The van der Waals surface area contributed by atoms with E-state index in [1.54, 1.807) is 30.2 Å². The highest BCUT2D eigenvalue weighted by Gasteiger charge is 2.58. The summed E-state index contributed by atoms with van der Waals surface area (Å²) in [6.07, 6.45) is 1.79. The van der Waals surface area contributed by atoms with Crippen molar-refractivity contribution in [3.8, 4) is 5.75 Å². The van der Waals surface area contributed by atoms with Gasteiger partial charge in [-0.05, 0) is 30.7 Å². The molecule has 1 amide bonds. The number of ether oxygens (including phenoxy) is 1. The van der Waals surface area contributed by atoms with Gasteiger partial charge in [-0.3, -0.25) is 14.5 Å². The molecule has 3 rings (SSSR count). The van der Waals surface area contributed by atoms with Crippen LogP contribution in [0.2, 0.25) is 0 Å². The average Bonchev–Trinajstić information content (AvgIpc) is 3.09. The number of methoxy groups -OCH3 is 1. The molecule has 1 aromatic rings. The van der Waals surface area contributed by atoms with Gasteiger partial charge < -0.3 is 14.7 Å². The van der Waals surface area contributed by atoms with Crippen molar-refractivity contribution in [1.82, 2.24) is 9.80 Å². The molecule has 0 unspecified atom stereocenters. The van der Waals surface area contributed by atoms with Crippen LogP contribution in [0.1, 0.15) is 15.9 Å². The van der Waals surface area contributed by atoms with E-state index in [9.17, 15) is 14.7 Å². The van der Waals surface area contributed by atoms with E-state index in [1.165, 1.54) is 0 Å². The van der Waals surface area contributed by atoms with Crippen molar-refractivity contribution in [2.24, 2.45) is 11.3 Å². The zero-order chi connectivity index (χ0) is 18.2. The first-order valence-electron chi connectivity index (χ1n) is 8.42. The van der Waals surface area contributed by atoms with Gasteiger partial charge in [0, 0.05) is 44.2 Å². The molecule has 134 valence electrons. The van der Waals surface area contributed by atoms with E-state index in [4.69, 9.17) is 4.74 Å². The Morgan fingerprint density at radius 3 is 2.72 bits per heavy atom. The molecule has 2 aliphatic rings. The number of benzene rings is 1. The van der Waals surface area contributed by atoms with Crippen LogP contribution in [0.3, 0.4) is 0 Å². The first-order valence-corrected chi connectivity index (χ1v) is 8.42. The molecular formula is C19H24N2O4. The Hall–Kier alpha value is -2.34. The average molecular weight is 344 g/mol. The summed E-state index contributed by atoms with van der Waals surface area (Å²) in [5.74, 6) is -0.266. The van der Waals surface area contributed by atoms with Crippen molar-refractivity contribution >= 4 is 11.9 Å². The van der Waals surface area contributed by atoms with Gasteiger partial charge in [0.1, 0.15) is 11.2 Å². The Kier molecular flexibility index (Phi) is 4.56. The highest BCUT2D eigenvalue weighted by Crippen LogP contribution is 2.43. The van der Waals surface area contributed by atoms with Crippen LogP contribution in [-0.2, 0) is 4.79 Å². The van der Waals surface area contributed by atoms with Crippen molar-refractivity contribution in [2.45, 2.75) is 6.92 Å². The molecule has 0 saturated carbocycles. The second-order valence-corrected chi connectivity index (χ2v) is 7.01. The molecule has 6 nitrogen and oxygen atoms in total. The summed E-state index contributed by atoms with van der Waals surface area (Å²) in [7, 11) is 1.59. The van der Waals surface area contributed by atoms with Crippen LogP contribution in [0.4, 0.5) is 0 Å². The number of aliphatic carboxylic acids is 1. The van der Waals surface area contributed by atoms with Gasteiger partial charge in [-0.1, -0.05) is 6.08 Å². The zero-order valence-electron chi connectivity index (χ0n) is 14.7. The van der Waals surface area contributed by atoms with Gasteiger partial charge in [0.2, 0.25) is 0 Å². The van der Waals surface area contributed by atoms with E-state index in [0.29, 0.717) is 37.5 Å². The monoisotopic (exact) mass is 344 g/mol. The van der Waals surface area contributed by atoms with Crippen LogP contribution >= 0.6 is 0 Å². The topological polar surface area (TPSA) is 70.1 Å². The van der Waals surface area contributed by atoms with E-state index < -0.39 is 11.4 Å². The number of carboxylic acids is 1. The molecule has 0 spiro atoms. The van der Waals surface area contributed by atoms with Gasteiger partial charge in [-0.15, -0.1) is 6.58 Å². The number of aryl methyl sites for hydroxylation is 1. The summed E-state index contributed by atoms with van der Waals surface area (Å²) in [6, 6.07) is 5.33. The largest absolute Gasteiger partial charge is 0.497 e. The lowest BCUT2D eigenvalue weighted by atomic mass is 9.81. The predicted octanol–water partition coefficient (Wildman–Crippen LogP) is 1.65.